The van der Waals surface area contributed by atoms with Crippen LogP contribution in [0.2, 0.25) is 0 Å². The molecule has 2 unspecified atom stereocenters. The van der Waals surface area contributed by atoms with Gasteiger partial charge in [-0.25, -0.2) is 18.3 Å². The van der Waals surface area contributed by atoms with Gasteiger partial charge in [0, 0.05) is 6.20 Å². The number of halogens is 8. The summed E-state index contributed by atoms with van der Waals surface area (Å²) in [5, 5.41) is 3.73. The number of aromatic nitrogens is 4. The molecular weight excluding hydrogens is 482 g/mol. The molecule has 1 amide bonds. The molecule has 0 spiro atoms. The van der Waals surface area contributed by atoms with Crippen LogP contribution in [0.4, 0.5) is 35.1 Å². The second kappa shape index (κ2) is 8.34. The van der Waals surface area contributed by atoms with Crippen molar-refractivity contribution in [3.63, 3.8) is 0 Å². The van der Waals surface area contributed by atoms with E-state index in [9.17, 15) is 44.7 Å². The van der Waals surface area contributed by atoms with E-state index in [1.165, 1.54) is 0 Å². The molecule has 7 nitrogen and oxygen atoms in total. The van der Waals surface area contributed by atoms with Crippen molar-refractivity contribution >= 4 is 5.91 Å². The van der Waals surface area contributed by atoms with E-state index in [1.54, 1.807) is 0 Å². The van der Waals surface area contributed by atoms with Crippen LogP contribution in [-0.2, 0) is 17.5 Å². The summed E-state index contributed by atoms with van der Waals surface area (Å²) in [6, 6.07) is 0.199. The van der Waals surface area contributed by atoms with E-state index in [0.717, 1.165) is 17.2 Å². The Balaban J connectivity index is 1.69. The Hall–Kier alpha value is -3.00. The molecule has 0 aliphatic carbocycles. The predicted molar refractivity (Wildman–Crippen MR) is 98.3 cm³/mol. The highest BCUT2D eigenvalue weighted by Gasteiger charge is 2.50. The van der Waals surface area contributed by atoms with Crippen LogP contribution in [-0.4, -0.2) is 61.7 Å². The smallest absolute Gasteiger partial charge is 0.335 e. The molecule has 0 radical (unpaired) electrons. The minimum absolute atomic E-state index is 0.0528. The fraction of sp³-hybridized carbons (Fsp3) is 0.579. The number of rotatable bonds is 3. The Morgan fingerprint density at radius 3 is 2.21 bits per heavy atom. The summed E-state index contributed by atoms with van der Waals surface area (Å²) in [6.07, 6.45) is -13.6. The molecule has 0 saturated carbocycles. The summed E-state index contributed by atoms with van der Waals surface area (Å²) in [4.78, 5) is 29.9. The number of carbonyl (C=O) groups is 1. The third-order valence-corrected chi connectivity index (χ3v) is 5.87. The zero-order valence-electron chi connectivity index (χ0n) is 17.2. The molecule has 2 aliphatic rings. The maximum atomic E-state index is 13.6. The Bertz CT molecular complexity index is 1110. The lowest BCUT2D eigenvalue weighted by molar-refractivity contribution is -0.160. The Kier molecular flexibility index (Phi) is 5.92. The van der Waals surface area contributed by atoms with Gasteiger partial charge in [-0.05, 0) is 24.5 Å². The van der Waals surface area contributed by atoms with Crippen LogP contribution in [0.3, 0.4) is 0 Å². The molecule has 186 valence electrons. The van der Waals surface area contributed by atoms with Crippen molar-refractivity contribution in [2.45, 2.75) is 56.0 Å². The van der Waals surface area contributed by atoms with Crippen LogP contribution >= 0.6 is 0 Å². The van der Waals surface area contributed by atoms with E-state index >= 15 is 0 Å². The monoisotopic (exact) mass is 499 g/mol. The van der Waals surface area contributed by atoms with Crippen molar-refractivity contribution in [1.29, 1.82) is 0 Å². The van der Waals surface area contributed by atoms with Crippen molar-refractivity contribution in [3.8, 4) is 0 Å². The van der Waals surface area contributed by atoms with Crippen molar-refractivity contribution in [3.05, 3.63) is 45.9 Å². The molecule has 4 rings (SSSR count). The number of hydrogen-bond donors (Lipinski definition) is 0. The lowest BCUT2D eigenvalue weighted by Crippen LogP contribution is -2.44. The lowest BCUT2D eigenvalue weighted by Gasteiger charge is -2.31. The third kappa shape index (κ3) is 4.39. The van der Waals surface area contributed by atoms with Crippen LogP contribution in [0, 0.1) is 0 Å². The first-order valence-electron chi connectivity index (χ1n) is 10.1. The van der Waals surface area contributed by atoms with Gasteiger partial charge in [-0.3, -0.25) is 14.3 Å². The molecule has 1 saturated heterocycles. The number of carbonyl (C=O) groups excluding carboxylic acids is 1. The van der Waals surface area contributed by atoms with E-state index in [1.807, 2.05) is 0 Å². The van der Waals surface area contributed by atoms with Crippen LogP contribution in [0.15, 0.2) is 23.1 Å². The number of alkyl halides is 8. The number of hydrogen-bond acceptors (Lipinski definition) is 4. The Labute approximate surface area is 186 Å². The number of nitrogens with zero attached hydrogens (tertiary/aromatic N) is 5. The number of amides is 1. The van der Waals surface area contributed by atoms with Gasteiger partial charge >= 0.3 is 18.0 Å². The SMILES string of the molecule is O=C(C1CCC(C(F)(F)F)c2nn(Cc3ccc(C(F)(F)F)nc3)c(=O)n21)N1C[C@@H](F)[C@@H](F)C1. The van der Waals surface area contributed by atoms with Gasteiger partial charge in [-0.2, -0.15) is 31.4 Å². The standard InChI is InChI=1S/C19H17F8N5O2/c20-11-7-30(8-12(11)21)16(33)13-3-2-10(18(22,23)24)15-29-31(17(34)32(13)15)6-9-1-4-14(28-5-9)19(25,26)27/h1,4-5,10-13H,2-3,6-8H2/t10?,11-,12+,13?. The maximum Gasteiger partial charge on any atom is 0.433 e. The summed E-state index contributed by atoms with van der Waals surface area (Å²) < 4.78 is 107. The fourth-order valence-electron chi connectivity index (χ4n) is 4.17. The van der Waals surface area contributed by atoms with E-state index in [-0.39, 0.29) is 5.56 Å². The van der Waals surface area contributed by atoms with Gasteiger partial charge in [0.2, 0.25) is 5.91 Å². The molecule has 2 aromatic rings. The molecule has 0 N–H and O–H groups in total. The van der Waals surface area contributed by atoms with Crippen LogP contribution in [0.25, 0.3) is 0 Å². The predicted octanol–water partition coefficient (Wildman–Crippen LogP) is 3.01. The first kappa shape index (κ1) is 24.1. The highest BCUT2D eigenvalue weighted by Crippen LogP contribution is 2.43. The first-order valence-corrected chi connectivity index (χ1v) is 10.1. The summed E-state index contributed by atoms with van der Waals surface area (Å²) in [6.45, 7) is -1.68. The second-order valence-electron chi connectivity index (χ2n) is 8.18. The molecule has 15 heteroatoms. The summed E-state index contributed by atoms with van der Waals surface area (Å²) in [5.74, 6) is -3.81. The molecule has 2 aliphatic heterocycles. The van der Waals surface area contributed by atoms with Crippen molar-refractivity contribution in [2.24, 2.45) is 0 Å². The summed E-state index contributed by atoms with van der Waals surface area (Å²) in [5.41, 5.74) is -2.24. The second-order valence-corrected chi connectivity index (χ2v) is 8.18. The van der Waals surface area contributed by atoms with E-state index in [4.69, 9.17) is 0 Å². The summed E-state index contributed by atoms with van der Waals surface area (Å²) >= 11 is 0. The highest BCUT2D eigenvalue weighted by atomic mass is 19.4. The topological polar surface area (TPSA) is 73.0 Å². The van der Waals surface area contributed by atoms with Gasteiger partial charge in [0.15, 0.2) is 12.3 Å². The molecule has 4 heterocycles. The normalized spacial score (nSPS) is 25.5. The quantitative estimate of drug-likeness (QED) is 0.609. The largest absolute Gasteiger partial charge is 0.433 e. The van der Waals surface area contributed by atoms with Gasteiger partial charge in [0.05, 0.1) is 19.6 Å². The zero-order chi connectivity index (χ0) is 25.0. The summed E-state index contributed by atoms with van der Waals surface area (Å²) in [7, 11) is 0. The molecule has 1 fully saturated rings. The minimum Gasteiger partial charge on any atom is -0.335 e. The molecule has 0 aromatic carbocycles. The van der Waals surface area contributed by atoms with E-state index < -0.39 is 92.2 Å². The lowest BCUT2D eigenvalue weighted by atomic mass is 9.93. The average molecular weight is 499 g/mol. The maximum absolute atomic E-state index is 13.6. The van der Waals surface area contributed by atoms with Gasteiger partial charge in [0.1, 0.15) is 23.5 Å². The van der Waals surface area contributed by atoms with Gasteiger partial charge in [-0.1, -0.05) is 6.07 Å². The Morgan fingerprint density at radius 2 is 1.68 bits per heavy atom. The first-order chi connectivity index (χ1) is 15.8. The molecule has 2 aromatic heterocycles. The van der Waals surface area contributed by atoms with Crippen LogP contribution < -0.4 is 5.69 Å². The van der Waals surface area contributed by atoms with Gasteiger partial charge < -0.3 is 4.90 Å². The average Bonchev–Trinajstić information content (AvgIpc) is 3.25. The molecule has 34 heavy (non-hydrogen) atoms. The Morgan fingerprint density at radius 1 is 1.03 bits per heavy atom. The van der Waals surface area contributed by atoms with Crippen LogP contribution in [0.1, 0.15) is 41.9 Å². The van der Waals surface area contributed by atoms with E-state index in [0.29, 0.717) is 15.3 Å². The van der Waals surface area contributed by atoms with Crippen LogP contribution in [0.5, 0.6) is 0 Å². The fourth-order valence-corrected chi connectivity index (χ4v) is 4.17. The highest BCUT2D eigenvalue weighted by molar-refractivity contribution is 5.81. The molecular formula is C19H17F8N5O2. The molecule has 4 atom stereocenters. The third-order valence-electron chi connectivity index (χ3n) is 5.87. The van der Waals surface area contributed by atoms with Gasteiger partial charge in [0.25, 0.3) is 0 Å². The van der Waals surface area contributed by atoms with Crippen molar-refractivity contribution in [2.75, 3.05) is 13.1 Å². The van der Waals surface area contributed by atoms with Crippen molar-refractivity contribution < 1.29 is 39.9 Å². The van der Waals surface area contributed by atoms with E-state index in [2.05, 4.69) is 10.1 Å². The minimum atomic E-state index is -4.79. The number of likely N-dealkylation sites (tertiary alicyclic amines) is 1. The number of pyridine rings is 1. The number of fused-ring (bicyclic) bond motifs is 1. The zero-order valence-corrected chi connectivity index (χ0v) is 17.2. The van der Waals surface area contributed by atoms with Gasteiger partial charge in [-0.15, -0.1) is 0 Å². The molecule has 0 bridgehead atoms. The van der Waals surface area contributed by atoms with Crippen molar-refractivity contribution in [1.82, 2.24) is 24.2 Å².